The molecule has 8 heteroatoms. The van der Waals surface area contributed by atoms with Crippen LogP contribution in [0.1, 0.15) is 13.8 Å². The Morgan fingerprint density at radius 1 is 1.28 bits per heavy atom. The summed E-state index contributed by atoms with van der Waals surface area (Å²) in [5, 5.41) is 0. The first-order valence-corrected chi connectivity index (χ1v) is 10.3. The molecular formula is C17H27N3O4S. The van der Waals surface area contributed by atoms with E-state index in [1.807, 2.05) is 0 Å². The molecule has 1 aromatic carbocycles. The molecule has 7 nitrogen and oxygen atoms in total. The minimum Gasteiger partial charge on any atom is -0.497 e. The Hall–Kier alpha value is -1.80. The summed E-state index contributed by atoms with van der Waals surface area (Å²) in [5.74, 6) is 0.367. The van der Waals surface area contributed by atoms with Gasteiger partial charge in [0, 0.05) is 32.2 Å². The molecule has 1 aliphatic heterocycles. The van der Waals surface area contributed by atoms with E-state index >= 15 is 0 Å². The smallest absolute Gasteiger partial charge is 0.246 e. The summed E-state index contributed by atoms with van der Waals surface area (Å²) in [6.45, 7) is 7.54. The van der Waals surface area contributed by atoms with Crippen molar-refractivity contribution in [3.8, 4) is 5.75 Å². The molecule has 0 aliphatic carbocycles. The molecule has 1 atom stereocenters. The van der Waals surface area contributed by atoms with Crippen LogP contribution in [0.25, 0.3) is 0 Å². The molecule has 1 amide bonds. The summed E-state index contributed by atoms with van der Waals surface area (Å²) in [6.07, 6.45) is 1.12. The molecular weight excluding hydrogens is 342 g/mol. The molecule has 0 bridgehead atoms. The molecule has 1 fully saturated rings. The molecule has 0 radical (unpaired) electrons. The van der Waals surface area contributed by atoms with Crippen molar-refractivity contribution < 1.29 is 17.9 Å². The lowest BCUT2D eigenvalue weighted by Crippen LogP contribution is -2.55. The van der Waals surface area contributed by atoms with Gasteiger partial charge in [-0.15, -0.1) is 0 Å². The fraction of sp³-hybridized carbons (Fsp3) is 0.588. The lowest BCUT2D eigenvalue weighted by atomic mass is 10.2. The SMILES string of the molecule is CCN1CCN(C(=O)C(C)N(c2cccc(OC)c2)S(C)(=O)=O)CC1. The summed E-state index contributed by atoms with van der Waals surface area (Å²) < 4.78 is 31.1. The first-order chi connectivity index (χ1) is 11.8. The van der Waals surface area contributed by atoms with Gasteiger partial charge in [0.1, 0.15) is 11.8 Å². The van der Waals surface area contributed by atoms with Crippen molar-refractivity contribution >= 4 is 21.6 Å². The number of piperazine rings is 1. The van der Waals surface area contributed by atoms with E-state index in [0.29, 0.717) is 24.5 Å². The van der Waals surface area contributed by atoms with E-state index in [-0.39, 0.29) is 5.91 Å². The van der Waals surface area contributed by atoms with Gasteiger partial charge in [0.05, 0.1) is 19.1 Å². The predicted octanol–water partition coefficient (Wildman–Crippen LogP) is 1.01. The minimum atomic E-state index is -3.62. The van der Waals surface area contributed by atoms with Crippen LogP contribution in [0.3, 0.4) is 0 Å². The van der Waals surface area contributed by atoms with Crippen molar-refractivity contribution in [2.45, 2.75) is 19.9 Å². The highest BCUT2D eigenvalue weighted by molar-refractivity contribution is 7.92. The Balaban J connectivity index is 2.24. The Bertz CT molecular complexity index is 700. The van der Waals surface area contributed by atoms with E-state index in [0.717, 1.165) is 25.9 Å². The first kappa shape index (κ1) is 19.5. The van der Waals surface area contributed by atoms with Gasteiger partial charge in [-0.2, -0.15) is 0 Å². The second-order valence-electron chi connectivity index (χ2n) is 6.20. The maximum atomic E-state index is 12.9. The first-order valence-electron chi connectivity index (χ1n) is 8.42. The molecule has 0 aromatic heterocycles. The zero-order chi connectivity index (χ0) is 18.6. The molecule has 140 valence electrons. The number of ether oxygens (including phenoxy) is 1. The van der Waals surface area contributed by atoms with Gasteiger partial charge in [-0.3, -0.25) is 9.10 Å². The largest absolute Gasteiger partial charge is 0.497 e. The van der Waals surface area contributed by atoms with Crippen LogP contribution >= 0.6 is 0 Å². The van der Waals surface area contributed by atoms with Gasteiger partial charge in [-0.25, -0.2) is 8.42 Å². The number of methoxy groups -OCH3 is 1. The normalized spacial score (nSPS) is 17.2. The predicted molar refractivity (Wildman–Crippen MR) is 98.5 cm³/mol. The number of benzene rings is 1. The Labute approximate surface area is 150 Å². The third-order valence-electron chi connectivity index (χ3n) is 4.51. The maximum Gasteiger partial charge on any atom is 0.246 e. The minimum absolute atomic E-state index is 0.177. The fourth-order valence-electron chi connectivity index (χ4n) is 3.10. The monoisotopic (exact) mass is 369 g/mol. The van der Waals surface area contributed by atoms with Gasteiger partial charge in [0.2, 0.25) is 15.9 Å². The lowest BCUT2D eigenvalue weighted by molar-refractivity contribution is -0.133. The second-order valence-corrected chi connectivity index (χ2v) is 8.06. The van der Waals surface area contributed by atoms with Crippen LogP contribution in [-0.2, 0) is 14.8 Å². The number of nitrogens with zero attached hydrogens (tertiary/aromatic N) is 3. The number of sulfonamides is 1. The summed E-state index contributed by atoms with van der Waals surface area (Å²) in [5.41, 5.74) is 0.426. The van der Waals surface area contributed by atoms with Gasteiger partial charge in [-0.1, -0.05) is 13.0 Å². The van der Waals surface area contributed by atoms with Gasteiger partial charge in [0.25, 0.3) is 0 Å². The average molecular weight is 369 g/mol. The zero-order valence-electron chi connectivity index (χ0n) is 15.3. The lowest BCUT2D eigenvalue weighted by Gasteiger charge is -2.37. The van der Waals surface area contributed by atoms with Crippen LogP contribution in [0.2, 0.25) is 0 Å². The molecule has 1 unspecified atom stereocenters. The van der Waals surface area contributed by atoms with Crippen molar-refractivity contribution in [3.63, 3.8) is 0 Å². The van der Waals surface area contributed by atoms with Crippen LogP contribution in [-0.4, -0.2) is 76.3 Å². The Morgan fingerprint density at radius 3 is 2.44 bits per heavy atom. The third kappa shape index (κ3) is 4.64. The summed E-state index contributed by atoms with van der Waals surface area (Å²) in [6, 6.07) is 5.93. The van der Waals surface area contributed by atoms with Crippen molar-refractivity contribution in [1.82, 2.24) is 9.80 Å². The van der Waals surface area contributed by atoms with E-state index in [1.165, 1.54) is 11.4 Å². The number of anilines is 1. The third-order valence-corrected chi connectivity index (χ3v) is 5.75. The highest BCUT2D eigenvalue weighted by Crippen LogP contribution is 2.26. The average Bonchev–Trinajstić information content (AvgIpc) is 2.60. The van der Waals surface area contributed by atoms with Gasteiger partial charge >= 0.3 is 0 Å². The number of amides is 1. The van der Waals surface area contributed by atoms with Crippen molar-refractivity contribution in [3.05, 3.63) is 24.3 Å². The van der Waals surface area contributed by atoms with Crippen molar-refractivity contribution in [2.75, 3.05) is 50.4 Å². The number of carbonyl (C=O) groups is 1. The summed E-state index contributed by atoms with van der Waals surface area (Å²) >= 11 is 0. The molecule has 1 aromatic rings. The highest BCUT2D eigenvalue weighted by Gasteiger charge is 2.33. The quantitative estimate of drug-likeness (QED) is 0.749. The molecule has 0 saturated carbocycles. The number of hydrogen-bond donors (Lipinski definition) is 0. The summed E-state index contributed by atoms with van der Waals surface area (Å²) in [4.78, 5) is 16.9. The van der Waals surface area contributed by atoms with Crippen LogP contribution in [0.15, 0.2) is 24.3 Å². The molecule has 0 N–H and O–H groups in total. The van der Waals surface area contributed by atoms with E-state index in [1.54, 1.807) is 36.1 Å². The molecule has 1 saturated heterocycles. The van der Waals surface area contributed by atoms with E-state index in [9.17, 15) is 13.2 Å². The molecule has 1 aliphatic rings. The van der Waals surface area contributed by atoms with Gasteiger partial charge in [-0.05, 0) is 25.6 Å². The zero-order valence-corrected chi connectivity index (χ0v) is 16.1. The van der Waals surface area contributed by atoms with Gasteiger partial charge in [0.15, 0.2) is 0 Å². The second kappa shape index (κ2) is 8.05. The van der Waals surface area contributed by atoms with Crippen LogP contribution in [0.5, 0.6) is 5.75 Å². The molecule has 0 spiro atoms. The van der Waals surface area contributed by atoms with Crippen LogP contribution in [0.4, 0.5) is 5.69 Å². The molecule has 1 heterocycles. The van der Waals surface area contributed by atoms with E-state index < -0.39 is 16.1 Å². The van der Waals surface area contributed by atoms with Gasteiger partial charge < -0.3 is 14.5 Å². The number of likely N-dealkylation sites (N-methyl/N-ethyl adjacent to an activating group) is 1. The Morgan fingerprint density at radius 2 is 1.92 bits per heavy atom. The van der Waals surface area contributed by atoms with E-state index in [4.69, 9.17) is 4.74 Å². The fourth-order valence-corrected chi connectivity index (χ4v) is 4.26. The van der Waals surface area contributed by atoms with Crippen LogP contribution < -0.4 is 9.04 Å². The van der Waals surface area contributed by atoms with Crippen molar-refractivity contribution in [1.29, 1.82) is 0 Å². The standard InChI is InChI=1S/C17H27N3O4S/c1-5-18-9-11-19(12-10-18)17(21)14(2)20(25(4,22)23)15-7-6-8-16(13-15)24-3/h6-8,13-14H,5,9-12H2,1-4H3. The number of rotatable bonds is 6. The Kier molecular flexibility index (Phi) is 6.29. The highest BCUT2D eigenvalue weighted by atomic mass is 32.2. The summed E-state index contributed by atoms with van der Waals surface area (Å²) in [7, 11) is -2.10. The number of carbonyl (C=O) groups excluding carboxylic acids is 1. The van der Waals surface area contributed by atoms with E-state index in [2.05, 4.69) is 11.8 Å². The number of hydrogen-bond acceptors (Lipinski definition) is 5. The maximum absolute atomic E-state index is 12.9. The topological polar surface area (TPSA) is 70.2 Å². The van der Waals surface area contributed by atoms with Crippen molar-refractivity contribution in [2.24, 2.45) is 0 Å². The molecule has 25 heavy (non-hydrogen) atoms. The van der Waals surface area contributed by atoms with Crippen LogP contribution in [0, 0.1) is 0 Å². The molecule has 2 rings (SSSR count).